The third-order valence-corrected chi connectivity index (χ3v) is 5.87. The molecular weight excluding hydrogens is 350 g/mol. The molecule has 1 amide bonds. The van der Waals surface area contributed by atoms with E-state index in [1.165, 1.54) is 10.6 Å². The van der Waals surface area contributed by atoms with Crippen molar-refractivity contribution in [2.24, 2.45) is 7.05 Å². The molecular formula is C23H24N3O2+. The standard InChI is InChI=1S/C23H23N3O2/c1-25-12-4-7-19(25)20-8-5-13-26(20)15-23(27)24-16-10-11-22-18(14-16)17-6-2-3-9-21(17)28-22/h2-4,6-7,9-12,14,20H,5,8,13,15H2,1H3,(H,24,27)/p+1/t20-/m0/s1. The van der Waals surface area contributed by atoms with Crippen LogP contribution >= 0.6 is 0 Å². The fourth-order valence-corrected chi connectivity index (χ4v) is 4.53. The minimum Gasteiger partial charge on any atom is -0.456 e. The van der Waals surface area contributed by atoms with E-state index in [2.05, 4.69) is 35.3 Å². The van der Waals surface area contributed by atoms with Gasteiger partial charge in [0.1, 0.15) is 17.2 Å². The number of rotatable bonds is 4. The van der Waals surface area contributed by atoms with Crippen molar-refractivity contribution in [3.8, 4) is 0 Å². The van der Waals surface area contributed by atoms with Crippen molar-refractivity contribution in [3.05, 3.63) is 66.5 Å². The molecule has 0 bridgehead atoms. The molecule has 28 heavy (non-hydrogen) atoms. The van der Waals surface area contributed by atoms with Crippen molar-refractivity contribution in [2.75, 3.05) is 18.4 Å². The van der Waals surface area contributed by atoms with Crippen LogP contribution < -0.4 is 10.2 Å². The molecule has 2 N–H and O–H groups in total. The Balaban J connectivity index is 1.34. The number of benzene rings is 2. The lowest BCUT2D eigenvalue weighted by Gasteiger charge is -2.21. The fourth-order valence-electron chi connectivity index (χ4n) is 4.53. The van der Waals surface area contributed by atoms with Gasteiger partial charge in [0.05, 0.1) is 12.2 Å². The van der Waals surface area contributed by atoms with Crippen molar-refractivity contribution in [1.82, 2.24) is 4.57 Å². The second kappa shape index (κ2) is 6.84. The first-order valence-electron chi connectivity index (χ1n) is 9.86. The number of carbonyl (C=O) groups is 1. The van der Waals surface area contributed by atoms with Gasteiger partial charge in [0.15, 0.2) is 6.54 Å². The molecule has 1 aliphatic rings. The highest BCUT2D eigenvalue weighted by Gasteiger charge is 2.32. The third kappa shape index (κ3) is 2.98. The zero-order valence-electron chi connectivity index (χ0n) is 15.9. The lowest BCUT2D eigenvalue weighted by atomic mass is 10.1. The number of carbonyl (C=O) groups excluding carboxylic acids is 1. The Kier molecular flexibility index (Phi) is 4.17. The van der Waals surface area contributed by atoms with Crippen LogP contribution in [0.2, 0.25) is 0 Å². The van der Waals surface area contributed by atoms with Gasteiger partial charge in [0, 0.05) is 42.5 Å². The normalized spacial score (nSPS) is 19.5. The van der Waals surface area contributed by atoms with E-state index in [9.17, 15) is 4.79 Å². The summed E-state index contributed by atoms with van der Waals surface area (Å²) in [5, 5.41) is 5.19. The van der Waals surface area contributed by atoms with Crippen LogP contribution in [-0.4, -0.2) is 23.6 Å². The molecule has 5 heteroatoms. The van der Waals surface area contributed by atoms with Gasteiger partial charge in [-0.05, 0) is 36.4 Å². The van der Waals surface area contributed by atoms with E-state index in [-0.39, 0.29) is 5.91 Å². The van der Waals surface area contributed by atoms with Gasteiger partial charge in [0.2, 0.25) is 0 Å². The predicted octanol–water partition coefficient (Wildman–Crippen LogP) is 3.28. The summed E-state index contributed by atoms with van der Waals surface area (Å²) in [7, 11) is 2.08. The van der Waals surface area contributed by atoms with E-state index in [4.69, 9.17) is 4.42 Å². The molecule has 2 aromatic carbocycles. The first-order chi connectivity index (χ1) is 13.7. The summed E-state index contributed by atoms with van der Waals surface area (Å²) in [6.45, 7) is 1.52. The number of nitrogens with one attached hydrogen (secondary N) is 2. The van der Waals surface area contributed by atoms with E-state index < -0.39 is 0 Å². The molecule has 5 rings (SSSR count). The second-order valence-corrected chi connectivity index (χ2v) is 7.68. The molecule has 2 atom stereocenters. The smallest absolute Gasteiger partial charge is 0.279 e. The van der Waals surface area contributed by atoms with Crippen LogP contribution in [0.4, 0.5) is 5.69 Å². The molecule has 0 radical (unpaired) electrons. The van der Waals surface area contributed by atoms with Gasteiger partial charge >= 0.3 is 0 Å². The van der Waals surface area contributed by atoms with Gasteiger partial charge in [-0.15, -0.1) is 0 Å². The van der Waals surface area contributed by atoms with E-state index in [1.54, 1.807) is 0 Å². The van der Waals surface area contributed by atoms with E-state index in [0.29, 0.717) is 12.6 Å². The Hall–Kier alpha value is -3.05. The fraction of sp³-hybridized carbons (Fsp3) is 0.261. The van der Waals surface area contributed by atoms with Gasteiger partial charge in [-0.1, -0.05) is 18.2 Å². The zero-order chi connectivity index (χ0) is 19.1. The highest BCUT2D eigenvalue weighted by molar-refractivity contribution is 6.06. The number of anilines is 1. The van der Waals surface area contributed by atoms with Crippen molar-refractivity contribution in [2.45, 2.75) is 18.9 Å². The van der Waals surface area contributed by atoms with E-state index in [1.807, 2.05) is 42.5 Å². The molecule has 0 aliphatic carbocycles. The van der Waals surface area contributed by atoms with Crippen LogP contribution in [0.25, 0.3) is 21.9 Å². The van der Waals surface area contributed by atoms with Crippen LogP contribution in [0.3, 0.4) is 0 Å². The Morgan fingerprint density at radius 2 is 2.00 bits per heavy atom. The Bertz CT molecular complexity index is 1160. The summed E-state index contributed by atoms with van der Waals surface area (Å²) in [6.07, 6.45) is 4.37. The lowest BCUT2D eigenvalue weighted by Crippen LogP contribution is -3.11. The molecule has 1 aliphatic heterocycles. The van der Waals surface area contributed by atoms with Gasteiger partial charge < -0.3 is 19.2 Å². The molecule has 5 nitrogen and oxygen atoms in total. The number of furan rings is 1. The number of hydrogen-bond acceptors (Lipinski definition) is 2. The minimum atomic E-state index is 0.0586. The first kappa shape index (κ1) is 17.1. The number of fused-ring (bicyclic) bond motifs is 3. The average molecular weight is 374 g/mol. The maximum absolute atomic E-state index is 12.7. The number of aryl methyl sites for hydroxylation is 1. The summed E-state index contributed by atoms with van der Waals surface area (Å²) in [5.41, 5.74) is 3.84. The van der Waals surface area contributed by atoms with Gasteiger partial charge in [0.25, 0.3) is 5.91 Å². The summed E-state index contributed by atoms with van der Waals surface area (Å²) in [5.74, 6) is 0.0586. The lowest BCUT2D eigenvalue weighted by molar-refractivity contribution is -0.910. The number of quaternary nitrogens is 1. The number of hydrogen-bond donors (Lipinski definition) is 2. The molecule has 1 unspecified atom stereocenters. The highest BCUT2D eigenvalue weighted by Crippen LogP contribution is 2.30. The number of nitrogens with zero attached hydrogens (tertiary/aromatic N) is 1. The van der Waals surface area contributed by atoms with Gasteiger partial charge in [-0.2, -0.15) is 0 Å². The number of likely N-dealkylation sites (tertiary alicyclic amines) is 1. The zero-order valence-corrected chi connectivity index (χ0v) is 15.9. The summed E-state index contributed by atoms with van der Waals surface area (Å²) < 4.78 is 8.04. The van der Waals surface area contributed by atoms with Crippen molar-refractivity contribution >= 4 is 33.5 Å². The molecule has 0 saturated carbocycles. The molecule has 3 heterocycles. The van der Waals surface area contributed by atoms with E-state index >= 15 is 0 Å². The molecule has 2 aromatic heterocycles. The number of amides is 1. The minimum absolute atomic E-state index is 0.0586. The van der Waals surface area contributed by atoms with Crippen molar-refractivity contribution in [1.29, 1.82) is 0 Å². The van der Waals surface area contributed by atoms with Crippen LogP contribution in [0, 0.1) is 0 Å². The first-order valence-corrected chi connectivity index (χ1v) is 9.86. The molecule has 1 saturated heterocycles. The van der Waals surface area contributed by atoms with Crippen LogP contribution in [0.1, 0.15) is 24.6 Å². The Labute approximate surface area is 163 Å². The Morgan fingerprint density at radius 1 is 1.14 bits per heavy atom. The summed E-state index contributed by atoms with van der Waals surface area (Å²) in [6, 6.07) is 18.5. The SMILES string of the molecule is Cn1cccc1[C@@H]1CCC[NH+]1CC(=O)Nc1ccc2oc3ccccc3c2c1. The average Bonchev–Trinajstić information content (AvgIpc) is 3.40. The number of aromatic nitrogens is 1. The van der Waals surface area contributed by atoms with Crippen LogP contribution in [0.5, 0.6) is 0 Å². The predicted molar refractivity (Wildman–Crippen MR) is 110 cm³/mol. The molecule has 0 spiro atoms. The second-order valence-electron chi connectivity index (χ2n) is 7.68. The van der Waals surface area contributed by atoms with Crippen molar-refractivity contribution in [3.63, 3.8) is 0 Å². The summed E-state index contributed by atoms with van der Waals surface area (Å²) in [4.78, 5) is 14.1. The van der Waals surface area contributed by atoms with Crippen LogP contribution in [-0.2, 0) is 11.8 Å². The van der Waals surface area contributed by atoms with E-state index in [0.717, 1.165) is 47.0 Å². The summed E-state index contributed by atoms with van der Waals surface area (Å²) >= 11 is 0. The molecule has 142 valence electrons. The number of para-hydroxylation sites is 1. The van der Waals surface area contributed by atoms with Crippen LogP contribution in [0.15, 0.2) is 65.2 Å². The van der Waals surface area contributed by atoms with Gasteiger partial charge in [-0.25, -0.2) is 0 Å². The highest BCUT2D eigenvalue weighted by atomic mass is 16.3. The quantitative estimate of drug-likeness (QED) is 0.576. The topological polar surface area (TPSA) is 51.6 Å². The maximum Gasteiger partial charge on any atom is 0.279 e. The molecule has 1 fully saturated rings. The van der Waals surface area contributed by atoms with Crippen molar-refractivity contribution < 1.29 is 14.1 Å². The Morgan fingerprint density at radius 3 is 2.86 bits per heavy atom. The van der Waals surface area contributed by atoms with Gasteiger partial charge in [-0.3, -0.25) is 4.79 Å². The molecule has 4 aromatic rings. The monoisotopic (exact) mass is 374 g/mol. The maximum atomic E-state index is 12.7. The largest absolute Gasteiger partial charge is 0.456 e. The third-order valence-electron chi connectivity index (χ3n) is 5.87.